The van der Waals surface area contributed by atoms with Crippen LogP contribution in [0.3, 0.4) is 0 Å². The maximum Gasteiger partial charge on any atom is 0.331 e. The minimum atomic E-state index is -0.848. The first-order valence-corrected chi connectivity index (χ1v) is 6.57. The van der Waals surface area contributed by atoms with Crippen molar-refractivity contribution in [3.8, 4) is 0 Å². The summed E-state index contributed by atoms with van der Waals surface area (Å²) >= 11 is 5.81. The third-order valence-electron chi connectivity index (χ3n) is 3.61. The first-order valence-electron chi connectivity index (χ1n) is 6.19. The number of hydrogen-bond donors (Lipinski definition) is 1. The zero-order chi connectivity index (χ0) is 14.8. The largest absolute Gasteiger partial charge is 0.467 e. The highest BCUT2D eigenvalue weighted by Crippen LogP contribution is 2.34. The van der Waals surface area contributed by atoms with Crippen LogP contribution < -0.4 is 10.6 Å². The molecule has 2 rings (SSSR count). The van der Waals surface area contributed by atoms with Gasteiger partial charge in [-0.05, 0) is 11.6 Å². The van der Waals surface area contributed by atoms with Crippen molar-refractivity contribution >= 4 is 29.1 Å². The van der Waals surface area contributed by atoms with E-state index in [4.69, 9.17) is 26.8 Å². The summed E-state index contributed by atoms with van der Waals surface area (Å²) in [5.41, 5.74) is 5.39. The molecule has 0 unspecified atom stereocenters. The monoisotopic (exact) mass is 300 g/mol. The van der Waals surface area contributed by atoms with Crippen molar-refractivity contribution in [3.05, 3.63) is 11.5 Å². The van der Waals surface area contributed by atoms with E-state index in [0.717, 1.165) is 0 Å². The lowest BCUT2D eigenvalue weighted by molar-refractivity contribution is -0.150. The molecule has 7 nitrogen and oxygen atoms in total. The highest BCUT2D eigenvalue weighted by atomic mass is 35.5. The van der Waals surface area contributed by atoms with Crippen LogP contribution in [0.1, 0.15) is 12.8 Å². The lowest BCUT2D eigenvalue weighted by atomic mass is 9.88. The average molecular weight is 301 g/mol. The Morgan fingerprint density at radius 3 is 2.80 bits per heavy atom. The number of likely N-dealkylation sites (N-methyl/N-ethyl adjacent to an activating group) is 1. The number of carbonyl (C=O) groups excluding carboxylic acids is 1. The van der Waals surface area contributed by atoms with Crippen LogP contribution in [-0.2, 0) is 14.3 Å². The quantitative estimate of drug-likeness (QED) is 0.654. The lowest BCUT2D eigenvalue weighted by Gasteiger charge is -2.42. The first kappa shape index (κ1) is 14.8. The molecule has 0 saturated carbocycles. The Kier molecular flexibility index (Phi) is 4.29. The summed E-state index contributed by atoms with van der Waals surface area (Å²) in [7, 11) is 3.11. The van der Waals surface area contributed by atoms with Crippen molar-refractivity contribution < 1.29 is 14.3 Å². The van der Waals surface area contributed by atoms with E-state index in [9.17, 15) is 4.79 Å². The molecule has 0 spiro atoms. The van der Waals surface area contributed by atoms with Crippen LogP contribution in [0.4, 0.5) is 11.5 Å². The fraction of sp³-hybridized carbons (Fsp3) is 0.583. The third-order valence-corrected chi connectivity index (χ3v) is 3.79. The Balaban J connectivity index is 2.42. The standard InChI is InChI=1S/C12H17ClN4O3/c1-17(9-8(14)7-15-11(13)16-9)12(10(18)19-2)3-5-20-6-4-12/h7H,3-6,14H2,1-2H3. The first-order chi connectivity index (χ1) is 9.51. The minimum Gasteiger partial charge on any atom is -0.467 e. The number of carbonyl (C=O) groups is 1. The topological polar surface area (TPSA) is 90.6 Å². The van der Waals surface area contributed by atoms with E-state index in [-0.39, 0.29) is 11.3 Å². The highest BCUT2D eigenvalue weighted by molar-refractivity contribution is 6.28. The van der Waals surface area contributed by atoms with Gasteiger partial charge in [0.2, 0.25) is 5.28 Å². The summed E-state index contributed by atoms with van der Waals surface area (Å²) < 4.78 is 10.3. The summed E-state index contributed by atoms with van der Waals surface area (Å²) in [6, 6.07) is 0. The van der Waals surface area contributed by atoms with Crippen LogP contribution in [0.5, 0.6) is 0 Å². The van der Waals surface area contributed by atoms with E-state index < -0.39 is 5.54 Å². The van der Waals surface area contributed by atoms with Crippen molar-refractivity contribution in [1.29, 1.82) is 0 Å². The number of hydrogen-bond acceptors (Lipinski definition) is 7. The molecule has 1 aromatic heterocycles. The van der Waals surface area contributed by atoms with Gasteiger partial charge in [0.05, 0.1) is 19.0 Å². The van der Waals surface area contributed by atoms with Crippen molar-refractivity contribution in [3.63, 3.8) is 0 Å². The highest BCUT2D eigenvalue weighted by Gasteiger charge is 2.46. The summed E-state index contributed by atoms with van der Waals surface area (Å²) in [6.07, 6.45) is 2.42. The van der Waals surface area contributed by atoms with Gasteiger partial charge in [-0.2, -0.15) is 4.98 Å². The minimum absolute atomic E-state index is 0.0770. The maximum absolute atomic E-state index is 12.3. The predicted octanol–water partition coefficient (Wildman–Crippen LogP) is 0.871. The van der Waals surface area contributed by atoms with Crippen molar-refractivity contribution in [2.45, 2.75) is 18.4 Å². The molecule has 0 bridgehead atoms. The van der Waals surface area contributed by atoms with Gasteiger partial charge in [-0.3, -0.25) is 0 Å². The molecule has 0 atom stereocenters. The Hall–Kier alpha value is -1.60. The van der Waals surface area contributed by atoms with Crippen LogP contribution in [0, 0.1) is 0 Å². The van der Waals surface area contributed by atoms with Crippen molar-refractivity contribution in [2.75, 3.05) is 38.0 Å². The maximum atomic E-state index is 12.3. The zero-order valence-electron chi connectivity index (χ0n) is 11.4. The Labute approximate surface area is 122 Å². The molecule has 1 saturated heterocycles. The number of nitrogen functional groups attached to an aromatic ring is 1. The van der Waals surface area contributed by atoms with E-state index in [1.807, 2.05) is 0 Å². The van der Waals surface area contributed by atoms with Crippen LogP contribution in [0.15, 0.2) is 6.20 Å². The van der Waals surface area contributed by atoms with E-state index in [0.29, 0.717) is 37.6 Å². The van der Waals surface area contributed by atoms with Crippen LogP contribution >= 0.6 is 11.6 Å². The van der Waals surface area contributed by atoms with Crippen molar-refractivity contribution in [1.82, 2.24) is 9.97 Å². The molecule has 0 aromatic carbocycles. The number of nitrogens with zero attached hydrogens (tertiary/aromatic N) is 3. The molecule has 20 heavy (non-hydrogen) atoms. The van der Waals surface area contributed by atoms with Gasteiger partial charge >= 0.3 is 5.97 Å². The summed E-state index contributed by atoms with van der Waals surface area (Å²) in [5.74, 6) is 0.0785. The number of halogens is 1. The SMILES string of the molecule is COC(=O)C1(N(C)c2nc(Cl)ncc2N)CCOCC1. The molecular weight excluding hydrogens is 284 g/mol. The fourth-order valence-electron chi connectivity index (χ4n) is 2.41. The van der Waals surface area contributed by atoms with Crippen LogP contribution in [-0.4, -0.2) is 48.8 Å². The van der Waals surface area contributed by atoms with Gasteiger partial charge in [0.1, 0.15) is 5.54 Å². The molecule has 2 N–H and O–H groups in total. The van der Waals surface area contributed by atoms with Gasteiger partial charge in [-0.25, -0.2) is 9.78 Å². The molecule has 1 aromatic rings. The second-order valence-corrected chi connectivity index (χ2v) is 4.95. The Morgan fingerprint density at radius 1 is 1.55 bits per heavy atom. The number of rotatable bonds is 3. The van der Waals surface area contributed by atoms with Gasteiger partial charge in [0.15, 0.2) is 5.82 Å². The van der Waals surface area contributed by atoms with Gasteiger partial charge < -0.3 is 20.1 Å². The Bertz CT molecular complexity index is 505. The molecule has 2 heterocycles. The number of nitrogens with two attached hydrogens (primary N) is 1. The van der Waals surface area contributed by atoms with Crippen LogP contribution in [0.25, 0.3) is 0 Å². The number of methoxy groups -OCH3 is 1. The number of aromatic nitrogens is 2. The lowest BCUT2D eigenvalue weighted by Crippen LogP contribution is -2.57. The van der Waals surface area contributed by atoms with E-state index in [1.165, 1.54) is 13.3 Å². The summed E-state index contributed by atoms with van der Waals surface area (Å²) in [4.78, 5) is 21.9. The van der Waals surface area contributed by atoms with E-state index >= 15 is 0 Å². The predicted molar refractivity (Wildman–Crippen MR) is 74.7 cm³/mol. The molecule has 1 fully saturated rings. The molecule has 0 amide bonds. The number of ether oxygens (including phenoxy) is 2. The number of anilines is 2. The summed E-state index contributed by atoms with van der Waals surface area (Å²) in [5, 5.41) is 0.0770. The second-order valence-electron chi connectivity index (χ2n) is 4.61. The molecular formula is C12H17ClN4O3. The van der Waals surface area contributed by atoms with Gasteiger partial charge in [0.25, 0.3) is 0 Å². The summed E-state index contributed by atoms with van der Waals surface area (Å²) in [6.45, 7) is 0.941. The molecule has 1 aliphatic rings. The molecule has 0 radical (unpaired) electrons. The fourth-order valence-corrected chi connectivity index (χ4v) is 2.54. The van der Waals surface area contributed by atoms with Gasteiger partial charge in [0, 0.05) is 33.1 Å². The molecule has 0 aliphatic carbocycles. The number of esters is 1. The normalized spacial score (nSPS) is 17.6. The average Bonchev–Trinajstić information content (AvgIpc) is 2.48. The molecule has 1 aliphatic heterocycles. The zero-order valence-corrected chi connectivity index (χ0v) is 12.2. The van der Waals surface area contributed by atoms with Crippen LogP contribution in [0.2, 0.25) is 5.28 Å². The van der Waals surface area contributed by atoms with Gasteiger partial charge in [-0.1, -0.05) is 0 Å². The second kappa shape index (κ2) is 5.80. The molecule has 8 heteroatoms. The molecule has 110 valence electrons. The van der Waals surface area contributed by atoms with E-state index in [1.54, 1.807) is 11.9 Å². The third kappa shape index (κ3) is 2.51. The van der Waals surface area contributed by atoms with Crippen molar-refractivity contribution in [2.24, 2.45) is 0 Å². The Morgan fingerprint density at radius 2 is 2.20 bits per heavy atom. The van der Waals surface area contributed by atoms with E-state index in [2.05, 4.69) is 9.97 Å². The van der Waals surface area contributed by atoms with Gasteiger partial charge in [-0.15, -0.1) is 0 Å². The smallest absolute Gasteiger partial charge is 0.331 e.